The van der Waals surface area contributed by atoms with Crippen molar-refractivity contribution in [3.05, 3.63) is 84.2 Å². The summed E-state index contributed by atoms with van der Waals surface area (Å²) in [5.41, 5.74) is 2.99. The zero-order chi connectivity index (χ0) is 23.3. The first-order valence-corrected chi connectivity index (χ1v) is 11.8. The van der Waals surface area contributed by atoms with Gasteiger partial charge in [0.25, 0.3) is 0 Å². The molecule has 1 aliphatic rings. The quantitative estimate of drug-likeness (QED) is 0.388. The number of rotatable bonds is 8. The lowest BCUT2D eigenvalue weighted by atomic mass is 10.2. The fourth-order valence-corrected chi connectivity index (χ4v) is 4.47. The Labute approximate surface area is 201 Å². The maximum atomic E-state index is 12.8. The van der Waals surface area contributed by atoms with Gasteiger partial charge in [0.1, 0.15) is 0 Å². The van der Waals surface area contributed by atoms with Crippen LogP contribution in [0.5, 0.6) is 11.5 Å². The topological polar surface area (TPSA) is 91.2 Å². The number of hydrogen-bond acceptors (Lipinski definition) is 7. The number of aromatic nitrogens is 4. The average molecular weight is 474 g/mol. The first kappa shape index (κ1) is 22.0. The molecule has 8 nitrogen and oxygen atoms in total. The minimum atomic E-state index is -0.363. The Hall–Kier alpha value is -3.85. The second-order valence-corrected chi connectivity index (χ2v) is 9.09. The number of benzene rings is 2. The number of carbonyl (C=O) groups is 1. The van der Waals surface area contributed by atoms with Gasteiger partial charge in [0.2, 0.25) is 12.7 Å². The van der Waals surface area contributed by atoms with Gasteiger partial charge in [-0.1, -0.05) is 48.2 Å². The number of nitrogens with one attached hydrogen (secondary N) is 1. The summed E-state index contributed by atoms with van der Waals surface area (Å²) in [6, 6.07) is 19.6. The SMILES string of the molecule is C[C@@H](Sc1nnc(-c2ccncc2)n1Cc1ccccc1)C(=O)NCc1ccc2c(c1)OCO2. The molecule has 0 spiro atoms. The normalized spacial score (nSPS) is 13.0. The third-order valence-electron chi connectivity index (χ3n) is 5.39. The van der Waals surface area contributed by atoms with E-state index in [1.807, 2.05) is 60.0 Å². The number of fused-ring (bicyclic) bond motifs is 1. The molecule has 0 saturated carbocycles. The van der Waals surface area contributed by atoms with Crippen LogP contribution in [0.3, 0.4) is 0 Å². The van der Waals surface area contributed by atoms with Gasteiger partial charge in [-0.3, -0.25) is 14.3 Å². The molecule has 1 aliphatic heterocycles. The van der Waals surface area contributed by atoms with Crippen LogP contribution in [0, 0.1) is 0 Å². The maximum Gasteiger partial charge on any atom is 0.233 e. The van der Waals surface area contributed by atoms with Crippen LogP contribution in [0.2, 0.25) is 0 Å². The van der Waals surface area contributed by atoms with Crippen molar-refractivity contribution in [2.24, 2.45) is 0 Å². The minimum Gasteiger partial charge on any atom is -0.454 e. The highest BCUT2D eigenvalue weighted by Gasteiger charge is 2.21. The molecule has 1 atom stereocenters. The van der Waals surface area contributed by atoms with E-state index in [-0.39, 0.29) is 18.0 Å². The van der Waals surface area contributed by atoms with Crippen LogP contribution in [0.25, 0.3) is 11.4 Å². The summed E-state index contributed by atoms with van der Waals surface area (Å²) in [4.78, 5) is 16.9. The Morgan fingerprint density at radius 2 is 1.82 bits per heavy atom. The molecule has 0 aliphatic carbocycles. The van der Waals surface area contributed by atoms with Gasteiger partial charge in [-0.25, -0.2) is 0 Å². The number of ether oxygens (including phenoxy) is 2. The summed E-state index contributed by atoms with van der Waals surface area (Å²) in [5.74, 6) is 2.08. The highest BCUT2D eigenvalue weighted by molar-refractivity contribution is 8.00. The van der Waals surface area contributed by atoms with E-state index in [4.69, 9.17) is 9.47 Å². The van der Waals surface area contributed by atoms with Gasteiger partial charge in [-0.05, 0) is 42.3 Å². The van der Waals surface area contributed by atoms with Crippen LogP contribution in [-0.2, 0) is 17.9 Å². The first-order valence-electron chi connectivity index (χ1n) is 10.9. The van der Waals surface area contributed by atoms with Crippen molar-refractivity contribution in [1.29, 1.82) is 0 Å². The van der Waals surface area contributed by atoms with E-state index in [1.54, 1.807) is 12.4 Å². The van der Waals surface area contributed by atoms with Gasteiger partial charge >= 0.3 is 0 Å². The average Bonchev–Trinajstić information content (AvgIpc) is 3.50. The van der Waals surface area contributed by atoms with E-state index in [1.165, 1.54) is 11.8 Å². The molecule has 2 aromatic carbocycles. The Morgan fingerprint density at radius 1 is 1.03 bits per heavy atom. The van der Waals surface area contributed by atoms with Crippen molar-refractivity contribution in [2.75, 3.05) is 6.79 Å². The number of nitrogens with zero attached hydrogens (tertiary/aromatic N) is 4. The molecule has 1 N–H and O–H groups in total. The Bertz CT molecular complexity index is 1280. The maximum absolute atomic E-state index is 12.8. The van der Waals surface area contributed by atoms with Gasteiger partial charge < -0.3 is 14.8 Å². The molecule has 0 fully saturated rings. The van der Waals surface area contributed by atoms with Crippen molar-refractivity contribution >= 4 is 17.7 Å². The van der Waals surface area contributed by atoms with Gasteiger partial charge in [0, 0.05) is 24.5 Å². The number of amides is 1. The third kappa shape index (κ3) is 4.89. The lowest BCUT2D eigenvalue weighted by Gasteiger charge is -2.14. The molecule has 0 bridgehead atoms. The van der Waals surface area contributed by atoms with Crippen LogP contribution < -0.4 is 14.8 Å². The van der Waals surface area contributed by atoms with Crippen LogP contribution in [0.15, 0.2) is 78.2 Å². The lowest BCUT2D eigenvalue weighted by molar-refractivity contribution is -0.120. The van der Waals surface area contributed by atoms with E-state index in [0.29, 0.717) is 24.0 Å². The molecule has 3 heterocycles. The monoisotopic (exact) mass is 473 g/mol. The molecular formula is C25H23N5O3S. The summed E-state index contributed by atoms with van der Waals surface area (Å²) < 4.78 is 12.8. The van der Waals surface area contributed by atoms with E-state index < -0.39 is 0 Å². The van der Waals surface area contributed by atoms with Gasteiger partial charge in [-0.2, -0.15) is 0 Å². The molecule has 9 heteroatoms. The summed E-state index contributed by atoms with van der Waals surface area (Å²) in [6.45, 7) is 3.09. The summed E-state index contributed by atoms with van der Waals surface area (Å²) in [6.07, 6.45) is 3.46. The Kier molecular flexibility index (Phi) is 6.44. The molecule has 0 radical (unpaired) electrons. The largest absolute Gasteiger partial charge is 0.454 e. The van der Waals surface area contributed by atoms with Crippen molar-refractivity contribution in [3.8, 4) is 22.9 Å². The molecule has 2 aromatic heterocycles. The summed E-state index contributed by atoms with van der Waals surface area (Å²) in [7, 11) is 0. The van der Waals surface area contributed by atoms with Crippen LogP contribution in [0.4, 0.5) is 0 Å². The predicted octanol–water partition coefficient (Wildman–Crippen LogP) is 3.91. The van der Waals surface area contributed by atoms with E-state index >= 15 is 0 Å². The molecule has 172 valence electrons. The zero-order valence-electron chi connectivity index (χ0n) is 18.5. The predicted molar refractivity (Wildman–Crippen MR) is 129 cm³/mol. The van der Waals surface area contributed by atoms with Crippen LogP contribution in [0.1, 0.15) is 18.1 Å². The first-order chi connectivity index (χ1) is 16.7. The number of hydrogen-bond donors (Lipinski definition) is 1. The standard InChI is InChI=1S/C25H23N5O3S/c1-17(24(31)27-14-19-7-8-21-22(13-19)33-16-32-21)34-25-29-28-23(20-9-11-26-12-10-20)30(25)15-18-5-3-2-4-6-18/h2-13,17H,14-16H2,1H3,(H,27,31)/t17-/m1/s1. The van der Waals surface area contributed by atoms with Gasteiger partial charge in [0.05, 0.1) is 11.8 Å². The molecule has 4 aromatic rings. The van der Waals surface area contributed by atoms with Crippen molar-refractivity contribution in [1.82, 2.24) is 25.1 Å². The smallest absolute Gasteiger partial charge is 0.233 e. The van der Waals surface area contributed by atoms with Gasteiger partial charge in [0.15, 0.2) is 22.5 Å². The summed E-state index contributed by atoms with van der Waals surface area (Å²) in [5, 5.41) is 12.2. The van der Waals surface area contributed by atoms with Crippen LogP contribution in [-0.4, -0.2) is 37.7 Å². The van der Waals surface area contributed by atoms with E-state index in [2.05, 4.69) is 32.6 Å². The highest BCUT2D eigenvalue weighted by Crippen LogP contribution is 2.32. The Morgan fingerprint density at radius 3 is 2.65 bits per heavy atom. The van der Waals surface area contributed by atoms with E-state index in [9.17, 15) is 4.79 Å². The molecular weight excluding hydrogens is 450 g/mol. The fraction of sp³-hybridized carbons (Fsp3) is 0.200. The van der Waals surface area contributed by atoms with Crippen molar-refractivity contribution in [3.63, 3.8) is 0 Å². The highest BCUT2D eigenvalue weighted by atomic mass is 32.2. The molecule has 34 heavy (non-hydrogen) atoms. The number of pyridine rings is 1. The van der Waals surface area contributed by atoms with Gasteiger partial charge in [-0.15, -0.1) is 10.2 Å². The lowest BCUT2D eigenvalue weighted by Crippen LogP contribution is -2.30. The Balaban J connectivity index is 1.30. The molecule has 0 saturated heterocycles. The molecule has 0 unspecified atom stereocenters. The second kappa shape index (κ2) is 9.96. The minimum absolute atomic E-state index is 0.0811. The van der Waals surface area contributed by atoms with E-state index in [0.717, 1.165) is 28.3 Å². The number of carbonyl (C=O) groups excluding carboxylic acids is 1. The fourth-order valence-electron chi connectivity index (χ4n) is 3.59. The molecule has 5 rings (SSSR count). The zero-order valence-corrected chi connectivity index (χ0v) is 19.4. The summed E-state index contributed by atoms with van der Waals surface area (Å²) >= 11 is 1.39. The number of thioether (sulfide) groups is 1. The van der Waals surface area contributed by atoms with Crippen molar-refractivity contribution < 1.29 is 14.3 Å². The van der Waals surface area contributed by atoms with Crippen molar-refractivity contribution in [2.45, 2.75) is 30.4 Å². The second-order valence-electron chi connectivity index (χ2n) is 7.78. The third-order valence-corrected chi connectivity index (χ3v) is 6.47. The molecule has 1 amide bonds. The van der Waals surface area contributed by atoms with Crippen LogP contribution >= 0.6 is 11.8 Å².